The summed E-state index contributed by atoms with van der Waals surface area (Å²) in [5.74, 6) is 0.641. The molecule has 1 aliphatic heterocycles. The van der Waals surface area contributed by atoms with Crippen LogP contribution in [-0.4, -0.2) is 30.8 Å². The molecule has 3 heteroatoms. The van der Waals surface area contributed by atoms with Gasteiger partial charge in [-0.3, -0.25) is 0 Å². The Morgan fingerprint density at radius 2 is 2.06 bits per heavy atom. The third kappa shape index (κ3) is 2.73. The first-order valence-corrected chi connectivity index (χ1v) is 7.40. The van der Waals surface area contributed by atoms with Crippen molar-refractivity contribution in [2.75, 3.05) is 19.7 Å². The van der Waals surface area contributed by atoms with E-state index in [4.69, 9.17) is 10.5 Å². The molecule has 0 amide bonds. The maximum absolute atomic E-state index is 6.10. The molecule has 106 valence electrons. The molecule has 0 aromatic heterocycles. The van der Waals surface area contributed by atoms with E-state index in [0.29, 0.717) is 11.3 Å². The van der Waals surface area contributed by atoms with Crippen LogP contribution in [0.25, 0.3) is 0 Å². The van der Waals surface area contributed by atoms with Crippen molar-refractivity contribution in [3.8, 4) is 0 Å². The molecule has 0 aromatic carbocycles. The van der Waals surface area contributed by atoms with Gasteiger partial charge in [0.1, 0.15) is 0 Å². The highest BCUT2D eigenvalue weighted by atomic mass is 16.5. The monoisotopic (exact) mass is 254 g/mol. The van der Waals surface area contributed by atoms with Gasteiger partial charge in [-0.2, -0.15) is 0 Å². The lowest BCUT2D eigenvalue weighted by atomic mass is 9.85. The number of hydrogen-bond acceptors (Lipinski definition) is 3. The van der Waals surface area contributed by atoms with Crippen LogP contribution in [0.15, 0.2) is 0 Å². The lowest BCUT2D eigenvalue weighted by Gasteiger charge is -2.38. The highest BCUT2D eigenvalue weighted by Gasteiger charge is 2.48. The van der Waals surface area contributed by atoms with Crippen LogP contribution in [0.4, 0.5) is 0 Å². The van der Waals surface area contributed by atoms with Crippen LogP contribution in [0.3, 0.4) is 0 Å². The molecule has 0 aromatic rings. The van der Waals surface area contributed by atoms with E-state index in [1.807, 2.05) is 0 Å². The second-order valence-corrected chi connectivity index (χ2v) is 7.56. The SMILES string of the molecule is CC1CC(C)(C)CC1(CN)NCC1(C)CCCO1. The summed E-state index contributed by atoms with van der Waals surface area (Å²) >= 11 is 0. The number of nitrogens with one attached hydrogen (secondary N) is 1. The van der Waals surface area contributed by atoms with E-state index >= 15 is 0 Å². The van der Waals surface area contributed by atoms with E-state index in [1.165, 1.54) is 25.7 Å². The first kappa shape index (κ1) is 14.3. The van der Waals surface area contributed by atoms with E-state index in [2.05, 4.69) is 33.0 Å². The predicted molar refractivity (Wildman–Crippen MR) is 75.6 cm³/mol. The molecule has 1 heterocycles. The van der Waals surface area contributed by atoms with Crippen molar-refractivity contribution in [3.05, 3.63) is 0 Å². The summed E-state index contributed by atoms with van der Waals surface area (Å²) in [6.45, 7) is 11.9. The topological polar surface area (TPSA) is 47.3 Å². The summed E-state index contributed by atoms with van der Waals surface area (Å²) in [6.07, 6.45) is 4.79. The molecular formula is C15H30N2O. The Hall–Kier alpha value is -0.120. The molecule has 18 heavy (non-hydrogen) atoms. The van der Waals surface area contributed by atoms with Crippen molar-refractivity contribution in [3.63, 3.8) is 0 Å². The highest BCUT2D eigenvalue weighted by Crippen LogP contribution is 2.47. The maximum Gasteiger partial charge on any atom is 0.0779 e. The molecule has 2 rings (SSSR count). The summed E-state index contributed by atoms with van der Waals surface area (Å²) < 4.78 is 5.87. The summed E-state index contributed by atoms with van der Waals surface area (Å²) in [6, 6.07) is 0. The Balaban J connectivity index is 2.01. The van der Waals surface area contributed by atoms with E-state index in [9.17, 15) is 0 Å². The molecule has 3 atom stereocenters. The van der Waals surface area contributed by atoms with Crippen LogP contribution in [0.5, 0.6) is 0 Å². The highest BCUT2D eigenvalue weighted by molar-refractivity contribution is 5.05. The van der Waals surface area contributed by atoms with Gasteiger partial charge in [0.15, 0.2) is 0 Å². The van der Waals surface area contributed by atoms with Crippen LogP contribution in [0.2, 0.25) is 0 Å². The second kappa shape index (κ2) is 4.77. The molecule has 3 N–H and O–H groups in total. The van der Waals surface area contributed by atoms with Gasteiger partial charge in [-0.15, -0.1) is 0 Å². The standard InChI is InChI=1S/C15H30N2O/c1-12-8-13(2,3)9-15(12,10-16)17-11-14(4)6-5-7-18-14/h12,17H,5-11,16H2,1-4H3. The average Bonchev–Trinajstić information content (AvgIpc) is 2.79. The Kier molecular flexibility index (Phi) is 3.79. The fourth-order valence-electron chi connectivity index (χ4n) is 4.05. The van der Waals surface area contributed by atoms with Gasteiger partial charge in [0, 0.05) is 25.2 Å². The number of ether oxygens (including phenoxy) is 1. The van der Waals surface area contributed by atoms with Gasteiger partial charge < -0.3 is 15.8 Å². The van der Waals surface area contributed by atoms with Gasteiger partial charge in [-0.1, -0.05) is 20.8 Å². The molecule has 2 aliphatic rings. The molecule has 1 aliphatic carbocycles. The molecule has 3 unspecified atom stereocenters. The normalized spacial score (nSPS) is 43.5. The van der Waals surface area contributed by atoms with Crippen molar-refractivity contribution >= 4 is 0 Å². The lowest BCUT2D eigenvalue weighted by molar-refractivity contribution is 0.0120. The fraction of sp³-hybridized carbons (Fsp3) is 1.00. The van der Waals surface area contributed by atoms with Crippen molar-refractivity contribution in [1.82, 2.24) is 5.32 Å². The molecule has 1 saturated heterocycles. The maximum atomic E-state index is 6.10. The van der Waals surface area contributed by atoms with Crippen LogP contribution in [0.1, 0.15) is 53.4 Å². The van der Waals surface area contributed by atoms with Crippen molar-refractivity contribution in [2.45, 2.75) is 64.5 Å². The second-order valence-electron chi connectivity index (χ2n) is 7.56. The first-order chi connectivity index (χ1) is 8.31. The van der Waals surface area contributed by atoms with E-state index in [-0.39, 0.29) is 11.1 Å². The largest absolute Gasteiger partial charge is 0.374 e. The van der Waals surface area contributed by atoms with Crippen LogP contribution < -0.4 is 11.1 Å². The molecule has 1 saturated carbocycles. The molecule has 0 bridgehead atoms. The van der Waals surface area contributed by atoms with Gasteiger partial charge in [-0.25, -0.2) is 0 Å². The summed E-state index contributed by atoms with van der Waals surface area (Å²) in [5.41, 5.74) is 6.64. The van der Waals surface area contributed by atoms with Crippen LogP contribution in [-0.2, 0) is 4.74 Å². The molecule has 2 fully saturated rings. The Morgan fingerprint density at radius 1 is 1.33 bits per heavy atom. The Labute approximate surface area is 112 Å². The quantitative estimate of drug-likeness (QED) is 0.809. The van der Waals surface area contributed by atoms with Crippen LogP contribution >= 0.6 is 0 Å². The van der Waals surface area contributed by atoms with E-state index in [0.717, 1.165) is 19.7 Å². The molecular weight excluding hydrogens is 224 g/mol. The van der Waals surface area contributed by atoms with Gasteiger partial charge in [0.05, 0.1) is 5.60 Å². The van der Waals surface area contributed by atoms with Crippen LogP contribution in [0, 0.1) is 11.3 Å². The van der Waals surface area contributed by atoms with Gasteiger partial charge >= 0.3 is 0 Å². The Morgan fingerprint density at radius 3 is 2.50 bits per heavy atom. The zero-order chi connectivity index (χ0) is 13.4. The summed E-state index contributed by atoms with van der Waals surface area (Å²) in [7, 11) is 0. The summed E-state index contributed by atoms with van der Waals surface area (Å²) in [4.78, 5) is 0. The minimum atomic E-state index is 0.0224. The number of rotatable bonds is 4. The average molecular weight is 254 g/mol. The first-order valence-electron chi connectivity index (χ1n) is 7.40. The minimum absolute atomic E-state index is 0.0224. The van der Waals surface area contributed by atoms with Gasteiger partial charge in [0.25, 0.3) is 0 Å². The number of hydrogen-bond donors (Lipinski definition) is 2. The molecule has 0 spiro atoms. The third-order valence-electron chi connectivity index (χ3n) is 5.08. The zero-order valence-electron chi connectivity index (χ0n) is 12.5. The lowest BCUT2D eigenvalue weighted by Crippen LogP contribution is -2.57. The van der Waals surface area contributed by atoms with Gasteiger partial charge in [0.2, 0.25) is 0 Å². The molecule has 0 radical (unpaired) electrons. The zero-order valence-corrected chi connectivity index (χ0v) is 12.5. The predicted octanol–water partition coefficient (Wildman–Crippen LogP) is 2.30. The van der Waals surface area contributed by atoms with Crippen molar-refractivity contribution in [1.29, 1.82) is 0 Å². The minimum Gasteiger partial charge on any atom is -0.374 e. The van der Waals surface area contributed by atoms with Crippen molar-refractivity contribution < 1.29 is 4.74 Å². The third-order valence-corrected chi connectivity index (χ3v) is 5.08. The summed E-state index contributed by atoms with van der Waals surface area (Å²) in [5, 5.41) is 3.78. The van der Waals surface area contributed by atoms with Gasteiger partial charge in [-0.05, 0) is 43.9 Å². The number of nitrogens with two attached hydrogens (primary N) is 1. The fourth-order valence-corrected chi connectivity index (χ4v) is 4.05. The van der Waals surface area contributed by atoms with Crippen molar-refractivity contribution in [2.24, 2.45) is 17.1 Å². The van der Waals surface area contributed by atoms with E-state index < -0.39 is 0 Å². The smallest absolute Gasteiger partial charge is 0.0779 e. The molecule has 3 nitrogen and oxygen atoms in total. The Bertz CT molecular complexity index is 297. The van der Waals surface area contributed by atoms with E-state index in [1.54, 1.807) is 0 Å².